The number of likely N-dealkylation sites (tertiary alicyclic amines) is 1. The van der Waals surface area contributed by atoms with Gasteiger partial charge in [0.05, 0.1) is 27.7 Å². The van der Waals surface area contributed by atoms with Crippen molar-refractivity contribution in [3.8, 4) is 23.0 Å². The number of benzene rings is 2. The molecule has 364 valence electrons. The van der Waals surface area contributed by atoms with Crippen molar-refractivity contribution in [3.05, 3.63) is 93.0 Å². The minimum absolute atomic E-state index is 0.107. The fraction of sp³-hybridized carbons (Fsp3) is 0.419. The van der Waals surface area contributed by atoms with Gasteiger partial charge in [-0.1, -0.05) is 23.6 Å². The Morgan fingerprint density at radius 1 is 0.941 bits per heavy atom. The largest absolute Gasteiger partial charge is 0.435 e. The van der Waals surface area contributed by atoms with E-state index in [-0.39, 0.29) is 56.3 Å². The highest BCUT2D eigenvalue weighted by atomic mass is 35.5. The van der Waals surface area contributed by atoms with Crippen LogP contribution in [0.4, 0.5) is 54.5 Å². The number of fused-ring (bicyclic) bond motifs is 2. The molecule has 0 saturated carbocycles. The molecule has 3 atom stereocenters. The first-order valence-corrected chi connectivity index (χ1v) is 24.0. The van der Waals surface area contributed by atoms with Crippen LogP contribution in [0.15, 0.2) is 42.5 Å². The number of halogens is 11. The van der Waals surface area contributed by atoms with Crippen molar-refractivity contribution >= 4 is 62.0 Å². The lowest BCUT2D eigenvalue weighted by Gasteiger charge is -2.24. The average molecular weight is 1020 g/mol. The highest BCUT2D eigenvalue weighted by molar-refractivity contribution is 7.86. The predicted octanol–water partition coefficient (Wildman–Crippen LogP) is 8.77. The zero-order valence-electron chi connectivity index (χ0n) is 36.2. The van der Waals surface area contributed by atoms with Gasteiger partial charge >= 0.3 is 18.4 Å². The van der Waals surface area contributed by atoms with E-state index in [4.69, 9.17) is 11.6 Å². The first-order valence-electron chi connectivity index (χ1n) is 20.5. The van der Waals surface area contributed by atoms with Crippen molar-refractivity contribution in [1.29, 1.82) is 0 Å². The molecule has 1 saturated heterocycles. The van der Waals surface area contributed by atoms with Gasteiger partial charge in [0.2, 0.25) is 5.91 Å². The molecule has 0 spiro atoms. The molecule has 0 radical (unpaired) electrons. The molecule has 3 amide bonds. The fourth-order valence-electron chi connectivity index (χ4n) is 8.03. The van der Waals surface area contributed by atoms with Gasteiger partial charge in [0.15, 0.2) is 11.5 Å². The van der Waals surface area contributed by atoms with Gasteiger partial charge in [-0.25, -0.2) is 22.8 Å². The quantitative estimate of drug-likeness (QED) is 0.103. The molecule has 5 aromatic rings. The van der Waals surface area contributed by atoms with Gasteiger partial charge in [0.1, 0.15) is 51.8 Å². The summed E-state index contributed by atoms with van der Waals surface area (Å²) in [5.74, 6) is -2.16. The molecule has 2 aromatic carbocycles. The van der Waals surface area contributed by atoms with Crippen molar-refractivity contribution in [2.45, 2.75) is 88.1 Å². The molecule has 1 aliphatic heterocycles. The Labute approximate surface area is 391 Å². The third-order valence-corrected chi connectivity index (χ3v) is 14.0. The minimum Gasteiger partial charge on any atom is -0.346 e. The summed E-state index contributed by atoms with van der Waals surface area (Å²) >= 11 is 6.73. The molecule has 2 aliphatic rings. The van der Waals surface area contributed by atoms with E-state index in [0.717, 1.165) is 18.4 Å². The Morgan fingerprint density at radius 3 is 2.19 bits per heavy atom. The minimum atomic E-state index is -5.18. The zero-order valence-corrected chi connectivity index (χ0v) is 38.6. The SMILES string of the molecule is CS(=O)N(C(=O)N1CCCC1)c1nn(CC(F)(F)F)c2c(-c3ccc(C#CC(C)(C)S(C)=O)nc3C(Cc3cc(F)cc(F)c3)NC(=O)Cn3nc(C(F)(F)F)c4c3C(F)(F)CC4)ccc(Cl)c12. The van der Waals surface area contributed by atoms with Gasteiger partial charge in [-0.2, -0.15) is 49.6 Å². The summed E-state index contributed by atoms with van der Waals surface area (Å²) in [5.41, 5.74) is -4.81. The van der Waals surface area contributed by atoms with Crippen LogP contribution < -0.4 is 9.62 Å². The second-order valence-corrected chi connectivity index (χ2v) is 20.1. The molecular weight excluding hydrogens is 982 g/mol. The van der Waals surface area contributed by atoms with E-state index in [0.29, 0.717) is 27.9 Å². The number of nitrogens with one attached hydrogen (secondary N) is 1. The van der Waals surface area contributed by atoms with Gasteiger partial charge in [-0.3, -0.25) is 18.4 Å². The number of hydrogen-bond donors (Lipinski definition) is 1. The summed E-state index contributed by atoms with van der Waals surface area (Å²) in [6, 6.07) is 4.92. The Kier molecular flexibility index (Phi) is 13.9. The summed E-state index contributed by atoms with van der Waals surface area (Å²) in [7, 11) is -3.77. The summed E-state index contributed by atoms with van der Waals surface area (Å²) in [6.45, 7) is 0.569. The molecule has 0 bridgehead atoms. The van der Waals surface area contributed by atoms with Crippen LogP contribution in [0.1, 0.15) is 73.1 Å². The number of carbonyl (C=O) groups excluding carboxylic acids is 2. The van der Waals surface area contributed by atoms with Crippen LogP contribution in [-0.4, -0.2) is 86.3 Å². The maximum atomic E-state index is 15.1. The number of carbonyl (C=O) groups is 2. The third-order valence-electron chi connectivity index (χ3n) is 11.3. The second kappa shape index (κ2) is 18.8. The monoisotopic (exact) mass is 1020 g/mol. The molecule has 7 rings (SSSR count). The number of hydrogen-bond acceptors (Lipinski definition) is 7. The number of aromatic nitrogens is 5. The van der Waals surface area contributed by atoms with Crippen molar-refractivity contribution < 1.29 is 61.9 Å². The molecule has 4 heterocycles. The van der Waals surface area contributed by atoms with Gasteiger partial charge < -0.3 is 10.2 Å². The van der Waals surface area contributed by atoms with E-state index >= 15 is 8.78 Å². The number of alkyl halides is 8. The lowest BCUT2D eigenvalue weighted by molar-refractivity contribution is -0.142. The van der Waals surface area contributed by atoms with Crippen LogP contribution in [0.3, 0.4) is 0 Å². The molecule has 3 unspecified atom stereocenters. The predicted molar refractivity (Wildman–Crippen MR) is 232 cm³/mol. The molecule has 3 aromatic heterocycles. The first kappa shape index (κ1) is 50.3. The number of amides is 3. The van der Waals surface area contributed by atoms with Crippen LogP contribution in [0.2, 0.25) is 5.02 Å². The number of rotatable bonds is 11. The summed E-state index contributed by atoms with van der Waals surface area (Å²) < 4.78 is 171. The van der Waals surface area contributed by atoms with Crippen molar-refractivity contribution in [2.24, 2.45) is 0 Å². The number of nitrogens with zero attached hydrogens (tertiary/aromatic N) is 7. The Hall–Kier alpha value is -5.54. The molecule has 68 heavy (non-hydrogen) atoms. The molecule has 1 fully saturated rings. The van der Waals surface area contributed by atoms with E-state index in [1.165, 1.54) is 35.4 Å². The lowest BCUT2D eigenvalue weighted by Crippen LogP contribution is -2.43. The summed E-state index contributed by atoms with van der Waals surface area (Å²) in [4.78, 5) is 33.9. The standard InChI is InChI=1S/C43H39ClF10N8O4S2/c1-40(2,67(3)65)13-11-26-7-8-27(28-9-10-30(44)33-35(28)61(22-42(49,50)51)58-38(33)62(68(4)66)39(64)59-15-5-6-16-59)34(55-26)31(19-23-17-24(45)20-25(46)18-23)56-32(63)21-60-37-29(12-14-41(37,47)48)36(57-60)43(52,53)54/h7-10,17-18,20,31H,5-6,12,14-16,19,21-22H2,1-4H3,(H,56,63). The Morgan fingerprint density at radius 2 is 1.59 bits per heavy atom. The smallest absolute Gasteiger partial charge is 0.346 e. The van der Waals surface area contributed by atoms with Crippen LogP contribution in [0.25, 0.3) is 22.0 Å². The van der Waals surface area contributed by atoms with Gasteiger partial charge in [0.25, 0.3) is 5.92 Å². The maximum Gasteiger partial charge on any atom is 0.435 e. The second-order valence-electron chi connectivity index (χ2n) is 16.6. The van der Waals surface area contributed by atoms with Crippen molar-refractivity contribution in [3.63, 3.8) is 0 Å². The fourth-order valence-corrected chi connectivity index (χ4v) is 9.17. The molecule has 1 N–H and O–H groups in total. The summed E-state index contributed by atoms with van der Waals surface area (Å²) in [5, 5.41) is 9.49. The van der Waals surface area contributed by atoms with Crippen molar-refractivity contribution in [1.82, 2.24) is 34.8 Å². The zero-order chi connectivity index (χ0) is 49.8. The third kappa shape index (κ3) is 10.5. The lowest BCUT2D eigenvalue weighted by atomic mass is 9.93. The van der Waals surface area contributed by atoms with Gasteiger partial charge in [-0.05, 0) is 81.3 Å². The van der Waals surface area contributed by atoms with E-state index in [9.17, 15) is 53.1 Å². The summed E-state index contributed by atoms with van der Waals surface area (Å²) in [6.07, 6.45) is -8.76. The van der Waals surface area contributed by atoms with Crippen LogP contribution >= 0.6 is 11.6 Å². The number of anilines is 1. The van der Waals surface area contributed by atoms with Crippen LogP contribution in [0.5, 0.6) is 0 Å². The van der Waals surface area contributed by atoms with Gasteiger partial charge in [0, 0.05) is 65.6 Å². The number of pyridine rings is 1. The Bertz CT molecular complexity index is 2920. The van der Waals surface area contributed by atoms with E-state index in [2.05, 4.69) is 32.3 Å². The maximum absolute atomic E-state index is 15.1. The average Bonchev–Trinajstić information content (AvgIpc) is 4.02. The van der Waals surface area contributed by atoms with E-state index < -0.39 is 135 Å². The first-order chi connectivity index (χ1) is 31.6. The van der Waals surface area contributed by atoms with E-state index in [1.54, 1.807) is 13.8 Å². The van der Waals surface area contributed by atoms with Crippen LogP contribution in [0, 0.1) is 23.5 Å². The highest BCUT2D eigenvalue weighted by Gasteiger charge is 2.50. The molecule has 12 nitrogen and oxygen atoms in total. The van der Waals surface area contributed by atoms with Gasteiger partial charge in [-0.15, -0.1) is 0 Å². The Balaban J connectivity index is 1.47. The molecular formula is C43H39ClF10N8O4S2. The highest BCUT2D eigenvalue weighted by Crippen LogP contribution is 2.47. The van der Waals surface area contributed by atoms with Crippen LogP contribution in [-0.2, 0) is 64.6 Å². The molecule has 1 aliphatic carbocycles. The molecule has 25 heteroatoms. The van der Waals surface area contributed by atoms with Crippen molar-refractivity contribution in [2.75, 3.05) is 29.9 Å². The van der Waals surface area contributed by atoms with E-state index in [1.807, 2.05) is 0 Å². The topological polar surface area (TPSA) is 135 Å². The number of urea groups is 1. The normalized spacial score (nSPS) is 16.3.